The van der Waals surface area contributed by atoms with Crippen molar-refractivity contribution >= 4 is 35.2 Å². The summed E-state index contributed by atoms with van der Waals surface area (Å²) in [6, 6.07) is 7.24. The number of hydrogen-bond acceptors (Lipinski definition) is 4. The summed E-state index contributed by atoms with van der Waals surface area (Å²) in [5.41, 5.74) is 0.808. The summed E-state index contributed by atoms with van der Waals surface area (Å²) in [7, 11) is 1.53. The van der Waals surface area contributed by atoms with Gasteiger partial charge in [0.05, 0.1) is 6.10 Å². The minimum Gasteiger partial charge on any atom is -0.491 e. The lowest BCUT2D eigenvalue weighted by Gasteiger charge is -2.25. The van der Waals surface area contributed by atoms with Crippen LogP contribution in [0.5, 0.6) is 5.75 Å². The van der Waals surface area contributed by atoms with Gasteiger partial charge in [-0.25, -0.2) is 0 Å². The van der Waals surface area contributed by atoms with Crippen LogP contribution in [0.2, 0.25) is 0 Å². The molecule has 116 valence electrons. The molecule has 1 aliphatic heterocycles. The first kappa shape index (κ1) is 16.2. The third-order valence-corrected chi connectivity index (χ3v) is 3.78. The van der Waals surface area contributed by atoms with E-state index in [1.807, 2.05) is 19.1 Å². The highest BCUT2D eigenvalue weighted by molar-refractivity contribution is 7.80. The molecule has 0 aliphatic carbocycles. The fraction of sp³-hybridized carbons (Fsp3) is 0.312. The van der Waals surface area contributed by atoms with Gasteiger partial charge in [0.2, 0.25) is 0 Å². The summed E-state index contributed by atoms with van der Waals surface area (Å²) >= 11 is 4.90. The predicted molar refractivity (Wildman–Crippen MR) is 88.3 cm³/mol. The molecule has 1 fully saturated rings. The maximum absolute atomic E-state index is 12.1. The first-order chi connectivity index (χ1) is 10.4. The van der Waals surface area contributed by atoms with Gasteiger partial charge in [-0.3, -0.25) is 19.8 Å². The summed E-state index contributed by atoms with van der Waals surface area (Å²) < 4.78 is 5.69. The van der Waals surface area contributed by atoms with Crippen molar-refractivity contribution in [3.05, 3.63) is 35.4 Å². The Bertz CT molecular complexity index is 637. The van der Waals surface area contributed by atoms with Crippen LogP contribution in [0, 0.1) is 0 Å². The van der Waals surface area contributed by atoms with Gasteiger partial charge in [0.1, 0.15) is 11.3 Å². The van der Waals surface area contributed by atoms with E-state index in [1.54, 1.807) is 18.2 Å². The highest BCUT2D eigenvalue weighted by Crippen LogP contribution is 2.18. The van der Waals surface area contributed by atoms with Crippen LogP contribution >= 0.6 is 12.2 Å². The molecule has 0 spiro atoms. The number of carbonyl (C=O) groups excluding carboxylic acids is 2. The summed E-state index contributed by atoms with van der Waals surface area (Å²) in [5, 5.41) is 2.59. The average Bonchev–Trinajstić information content (AvgIpc) is 2.51. The maximum atomic E-state index is 12.1. The zero-order chi connectivity index (χ0) is 16.3. The number of likely N-dealkylation sites (N-methyl/N-ethyl adjacent to an activating group) is 1. The topological polar surface area (TPSA) is 58.6 Å². The highest BCUT2D eigenvalue weighted by Gasteiger charge is 2.30. The molecule has 1 N–H and O–H groups in total. The van der Waals surface area contributed by atoms with Crippen molar-refractivity contribution in [2.24, 2.45) is 0 Å². The third kappa shape index (κ3) is 3.51. The molecule has 0 saturated carbocycles. The second-order valence-electron chi connectivity index (χ2n) is 5.09. The van der Waals surface area contributed by atoms with Gasteiger partial charge in [0, 0.05) is 7.05 Å². The number of nitrogens with one attached hydrogen (secondary N) is 1. The Morgan fingerprint density at radius 1 is 1.32 bits per heavy atom. The molecule has 0 bridgehead atoms. The van der Waals surface area contributed by atoms with E-state index >= 15 is 0 Å². The number of nitrogens with zero attached hydrogens (tertiary/aromatic N) is 1. The minimum absolute atomic E-state index is 0.0618. The van der Waals surface area contributed by atoms with Gasteiger partial charge < -0.3 is 4.74 Å². The molecule has 1 aromatic carbocycles. The van der Waals surface area contributed by atoms with Crippen molar-refractivity contribution in [2.75, 3.05) is 7.05 Å². The fourth-order valence-corrected chi connectivity index (χ4v) is 2.05. The van der Waals surface area contributed by atoms with E-state index in [2.05, 4.69) is 12.2 Å². The standard InChI is InChI=1S/C16H18N2O3S/c1-4-10(2)21-12-7-5-11(6-8-12)9-13-14(19)17-16(22)18(3)15(13)20/h5-10H,4H2,1-3H3,(H,17,19,22). The molecule has 1 unspecified atom stereocenters. The largest absolute Gasteiger partial charge is 0.491 e. The molecule has 1 aromatic rings. The Balaban J connectivity index is 2.20. The zero-order valence-electron chi connectivity index (χ0n) is 12.8. The molecule has 1 aliphatic rings. The number of hydrogen-bond donors (Lipinski definition) is 1. The van der Waals surface area contributed by atoms with Crippen molar-refractivity contribution in [1.82, 2.24) is 10.2 Å². The van der Waals surface area contributed by atoms with Gasteiger partial charge in [-0.15, -0.1) is 0 Å². The molecular formula is C16H18N2O3S. The number of ether oxygens (including phenoxy) is 1. The van der Waals surface area contributed by atoms with Crippen molar-refractivity contribution in [3.8, 4) is 5.75 Å². The van der Waals surface area contributed by atoms with Crippen molar-refractivity contribution in [3.63, 3.8) is 0 Å². The summed E-state index contributed by atoms with van der Waals surface area (Å²) in [6.45, 7) is 4.05. The van der Waals surface area contributed by atoms with Crippen LogP contribution in [-0.2, 0) is 9.59 Å². The lowest BCUT2D eigenvalue weighted by molar-refractivity contribution is -0.128. The smallest absolute Gasteiger partial charge is 0.265 e. The van der Waals surface area contributed by atoms with Crippen LogP contribution < -0.4 is 10.1 Å². The van der Waals surface area contributed by atoms with E-state index in [1.165, 1.54) is 11.9 Å². The number of carbonyl (C=O) groups is 2. The Morgan fingerprint density at radius 3 is 2.55 bits per heavy atom. The van der Waals surface area contributed by atoms with Crippen molar-refractivity contribution < 1.29 is 14.3 Å². The first-order valence-corrected chi connectivity index (χ1v) is 7.45. The maximum Gasteiger partial charge on any atom is 0.265 e. The van der Waals surface area contributed by atoms with Gasteiger partial charge in [-0.05, 0) is 49.3 Å². The highest BCUT2D eigenvalue weighted by atomic mass is 32.1. The van der Waals surface area contributed by atoms with E-state index < -0.39 is 11.8 Å². The second kappa shape index (κ2) is 6.70. The fourth-order valence-electron chi connectivity index (χ4n) is 1.87. The van der Waals surface area contributed by atoms with E-state index in [0.29, 0.717) is 0 Å². The summed E-state index contributed by atoms with van der Waals surface area (Å²) in [6.07, 6.45) is 2.61. The molecule has 0 aromatic heterocycles. The van der Waals surface area contributed by atoms with E-state index in [0.717, 1.165) is 17.7 Å². The monoisotopic (exact) mass is 318 g/mol. The minimum atomic E-state index is -0.479. The molecule has 1 saturated heterocycles. The Hall–Kier alpha value is -2.21. The third-order valence-electron chi connectivity index (χ3n) is 3.41. The van der Waals surface area contributed by atoms with Crippen LogP contribution in [-0.4, -0.2) is 35.0 Å². The van der Waals surface area contributed by atoms with Crippen LogP contribution in [0.25, 0.3) is 6.08 Å². The first-order valence-electron chi connectivity index (χ1n) is 7.04. The van der Waals surface area contributed by atoms with Crippen molar-refractivity contribution in [1.29, 1.82) is 0 Å². The molecule has 2 rings (SSSR count). The van der Waals surface area contributed by atoms with Gasteiger partial charge >= 0.3 is 0 Å². The quantitative estimate of drug-likeness (QED) is 0.525. The number of thiocarbonyl (C=S) groups is 1. The number of benzene rings is 1. The lowest BCUT2D eigenvalue weighted by atomic mass is 10.1. The Kier molecular flexibility index (Phi) is 4.92. The Labute approximate surface area is 134 Å². The van der Waals surface area contributed by atoms with Crippen LogP contribution in [0.1, 0.15) is 25.8 Å². The van der Waals surface area contributed by atoms with E-state index in [9.17, 15) is 9.59 Å². The molecule has 6 heteroatoms. The van der Waals surface area contributed by atoms with Gasteiger partial charge in [0.15, 0.2) is 5.11 Å². The molecule has 1 heterocycles. The lowest BCUT2D eigenvalue weighted by Crippen LogP contribution is -2.52. The van der Waals surface area contributed by atoms with Crippen LogP contribution in [0.3, 0.4) is 0 Å². The summed E-state index contributed by atoms with van der Waals surface area (Å²) in [5.74, 6) is -0.129. The average molecular weight is 318 g/mol. The second-order valence-corrected chi connectivity index (χ2v) is 5.47. The SMILES string of the molecule is CCC(C)Oc1ccc(C=C2C(=O)NC(=S)N(C)C2=O)cc1. The van der Waals surface area contributed by atoms with Crippen LogP contribution in [0.15, 0.2) is 29.8 Å². The van der Waals surface area contributed by atoms with Crippen molar-refractivity contribution in [2.45, 2.75) is 26.4 Å². The summed E-state index contributed by atoms with van der Waals surface area (Å²) in [4.78, 5) is 25.2. The molecule has 5 nitrogen and oxygen atoms in total. The normalized spacial score (nSPS) is 18.4. The molecule has 2 amide bonds. The molecule has 0 radical (unpaired) electrons. The van der Waals surface area contributed by atoms with Crippen LogP contribution in [0.4, 0.5) is 0 Å². The van der Waals surface area contributed by atoms with Gasteiger partial charge in [0.25, 0.3) is 11.8 Å². The van der Waals surface area contributed by atoms with Gasteiger partial charge in [-0.1, -0.05) is 19.1 Å². The predicted octanol–water partition coefficient (Wildman–Crippen LogP) is 2.12. The number of rotatable bonds is 4. The zero-order valence-corrected chi connectivity index (χ0v) is 13.6. The number of amides is 2. The van der Waals surface area contributed by atoms with Gasteiger partial charge in [-0.2, -0.15) is 0 Å². The van der Waals surface area contributed by atoms with E-state index in [-0.39, 0.29) is 16.8 Å². The molecule has 1 atom stereocenters. The molecule has 22 heavy (non-hydrogen) atoms. The van der Waals surface area contributed by atoms with E-state index in [4.69, 9.17) is 17.0 Å². The molecular weight excluding hydrogens is 300 g/mol. The Morgan fingerprint density at radius 2 is 1.95 bits per heavy atom.